The van der Waals surface area contributed by atoms with Gasteiger partial charge in [0.15, 0.2) is 0 Å². The summed E-state index contributed by atoms with van der Waals surface area (Å²) in [7, 11) is 1.79. The van der Waals surface area contributed by atoms with Crippen molar-refractivity contribution in [2.24, 2.45) is 0 Å². The maximum atomic E-state index is 12.9. The Morgan fingerprint density at radius 2 is 2.12 bits per heavy atom. The summed E-state index contributed by atoms with van der Waals surface area (Å²) in [6, 6.07) is 14.8. The lowest BCUT2D eigenvalue weighted by atomic mass is 10.1. The van der Waals surface area contributed by atoms with E-state index in [1.54, 1.807) is 24.1 Å². The SMILES string of the molecule is CC(c1ccccc1Cl)N(C)C(=O)c1cccc(OCC2CCCO2)c1. The molecule has 0 radical (unpaired) electrons. The highest BCUT2D eigenvalue weighted by atomic mass is 35.5. The number of carbonyl (C=O) groups is 1. The molecule has 0 N–H and O–H groups in total. The average Bonchev–Trinajstić information content (AvgIpc) is 3.19. The fraction of sp³-hybridized carbons (Fsp3) is 0.381. The first kappa shape index (κ1) is 18.7. The average molecular weight is 374 g/mol. The van der Waals surface area contributed by atoms with Crippen molar-refractivity contribution in [2.45, 2.75) is 31.9 Å². The van der Waals surface area contributed by atoms with Crippen LogP contribution in [0.2, 0.25) is 5.02 Å². The highest BCUT2D eigenvalue weighted by molar-refractivity contribution is 6.31. The molecule has 26 heavy (non-hydrogen) atoms. The summed E-state index contributed by atoms with van der Waals surface area (Å²) in [5, 5.41) is 0.660. The largest absolute Gasteiger partial charge is 0.491 e. The van der Waals surface area contributed by atoms with Crippen LogP contribution in [0.4, 0.5) is 0 Å². The molecule has 0 aliphatic carbocycles. The van der Waals surface area contributed by atoms with Crippen LogP contribution in [0.15, 0.2) is 48.5 Å². The molecule has 138 valence electrons. The van der Waals surface area contributed by atoms with Crippen molar-refractivity contribution in [3.63, 3.8) is 0 Å². The minimum atomic E-state index is -0.132. The maximum Gasteiger partial charge on any atom is 0.254 e. The molecule has 2 aromatic carbocycles. The van der Waals surface area contributed by atoms with E-state index in [4.69, 9.17) is 21.1 Å². The van der Waals surface area contributed by atoms with Crippen molar-refractivity contribution in [1.82, 2.24) is 4.90 Å². The zero-order chi connectivity index (χ0) is 18.5. The van der Waals surface area contributed by atoms with Crippen LogP contribution in [-0.2, 0) is 4.74 Å². The Labute approximate surface area is 159 Å². The number of nitrogens with zero attached hydrogens (tertiary/aromatic N) is 1. The number of carbonyl (C=O) groups excluding carboxylic acids is 1. The Bertz CT molecular complexity index is 758. The number of amides is 1. The molecule has 2 unspecified atom stereocenters. The summed E-state index contributed by atoms with van der Waals surface area (Å²) in [6.07, 6.45) is 2.26. The Balaban J connectivity index is 1.68. The molecular weight excluding hydrogens is 350 g/mol. The predicted molar refractivity (Wildman–Crippen MR) is 103 cm³/mol. The Morgan fingerprint density at radius 3 is 2.85 bits per heavy atom. The van der Waals surface area contributed by atoms with Gasteiger partial charge in [-0.25, -0.2) is 0 Å². The smallest absolute Gasteiger partial charge is 0.254 e. The second-order valence-electron chi connectivity index (χ2n) is 6.59. The summed E-state index contributed by atoms with van der Waals surface area (Å²) in [5.74, 6) is 0.616. The Morgan fingerprint density at radius 1 is 1.31 bits per heavy atom. The van der Waals surface area contributed by atoms with Gasteiger partial charge in [-0.05, 0) is 49.6 Å². The van der Waals surface area contributed by atoms with Gasteiger partial charge in [0.05, 0.1) is 12.1 Å². The van der Waals surface area contributed by atoms with E-state index in [-0.39, 0.29) is 18.1 Å². The fourth-order valence-corrected chi connectivity index (χ4v) is 3.38. The Kier molecular flexibility index (Phi) is 6.17. The number of benzene rings is 2. The number of ether oxygens (including phenoxy) is 2. The highest BCUT2D eigenvalue weighted by Gasteiger charge is 2.21. The van der Waals surface area contributed by atoms with Gasteiger partial charge in [-0.3, -0.25) is 4.79 Å². The summed E-state index contributed by atoms with van der Waals surface area (Å²) in [6.45, 7) is 3.29. The number of rotatable bonds is 6. The van der Waals surface area contributed by atoms with Crippen LogP contribution in [0.3, 0.4) is 0 Å². The van der Waals surface area contributed by atoms with E-state index in [1.165, 1.54) is 0 Å². The van der Waals surface area contributed by atoms with Crippen LogP contribution in [0.25, 0.3) is 0 Å². The van der Waals surface area contributed by atoms with E-state index < -0.39 is 0 Å². The van der Waals surface area contributed by atoms with E-state index in [0.29, 0.717) is 22.9 Å². The third-order valence-electron chi connectivity index (χ3n) is 4.80. The molecule has 3 rings (SSSR count). The molecule has 2 aromatic rings. The van der Waals surface area contributed by atoms with Gasteiger partial charge in [-0.1, -0.05) is 35.9 Å². The maximum absolute atomic E-state index is 12.9. The molecule has 1 aliphatic rings. The lowest BCUT2D eigenvalue weighted by Gasteiger charge is -2.26. The van der Waals surface area contributed by atoms with Crippen molar-refractivity contribution < 1.29 is 14.3 Å². The first-order chi connectivity index (χ1) is 12.6. The number of halogens is 1. The summed E-state index contributed by atoms with van der Waals surface area (Å²) >= 11 is 6.27. The minimum absolute atomic E-state index is 0.0695. The van der Waals surface area contributed by atoms with E-state index in [9.17, 15) is 4.79 Å². The molecule has 1 heterocycles. The molecule has 1 amide bonds. The van der Waals surface area contributed by atoms with Crippen molar-refractivity contribution in [1.29, 1.82) is 0 Å². The molecule has 0 saturated carbocycles. The molecule has 5 heteroatoms. The zero-order valence-corrected chi connectivity index (χ0v) is 15.9. The lowest BCUT2D eigenvalue weighted by molar-refractivity contribution is 0.0677. The second kappa shape index (κ2) is 8.56. The van der Waals surface area contributed by atoms with E-state index in [0.717, 1.165) is 25.0 Å². The lowest BCUT2D eigenvalue weighted by Crippen LogP contribution is -2.29. The molecular formula is C21H24ClNO3. The van der Waals surface area contributed by atoms with E-state index >= 15 is 0 Å². The fourth-order valence-electron chi connectivity index (χ4n) is 3.09. The van der Waals surface area contributed by atoms with Crippen molar-refractivity contribution >= 4 is 17.5 Å². The van der Waals surface area contributed by atoms with Crippen molar-refractivity contribution in [2.75, 3.05) is 20.3 Å². The van der Waals surface area contributed by atoms with Gasteiger partial charge < -0.3 is 14.4 Å². The van der Waals surface area contributed by atoms with Gasteiger partial charge in [0.1, 0.15) is 12.4 Å². The molecule has 1 saturated heterocycles. The van der Waals surface area contributed by atoms with Crippen molar-refractivity contribution in [3.05, 3.63) is 64.7 Å². The van der Waals surface area contributed by atoms with Gasteiger partial charge in [-0.2, -0.15) is 0 Å². The van der Waals surface area contributed by atoms with Crippen LogP contribution in [0.1, 0.15) is 41.7 Å². The molecule has 4 nitrogen and oxygen atoms in total. The monoisotopic (exact) mass is 373 g/mol. The molecule has 0 bridgehead atoms. The van der Waals surface area contributed by atoms with Crippen LogP contribution >= 0.6 is 11.6 Å². The normalized spacial score (nSPS) is 17.7. The minimum Gasteiger partial charge on any atom is -0.491 e. The summed E-state index contributed by atoms with van der Waals surface area (Å²) < 4.78 is 11.4. The predicted octanol–water partition coefficient (Wildman–Crippen LogP) is 4.73. The third kappa shape index (κ3) is 4.37. The first-order valence-corrected chi connectivity index (χ1v) is 9.30. The molecule has 0 spiro atoms. The highest BCUT2D eigenvalue weighted by Crippen LogP contribution is 2.27. The molecule has 0 aromatic heterocycles. The molecule has 2 atom stereocenters. The van der Waals surface area contributed by atoms with Crippen LogP contribution in [-0.4, -0.2) is 37.2 Å². The van der Waals surface area contributed by atoms with Gasteiger partial charge in [0.2, 0.25) is 0 Å². The Hall–Kier alpha value is -2.04. The third-order valence-corrected chi connectivity index (χ3v) is 5.14. The first-order valence-electron chi connectivity index (χ1n) is 8.92. The van der Waals surface area contributed by atoms with Crippen LogP contribution in [0, 0.1) is 0 Å². The standard InChI is InChI=1S/C21H24ClNO3/c1-15(19-10-3-4-11-20(19)22)23(2)21(24)16-7-5-8-17(13-16)26-14-18-9-6-12-25-18/h3-5,7-8,10-11,13,15,18H,6,9,12,14H2,1-2H3. The molecule has 1 aliphatic heterocycles. The van der Waals surface area contributed by atoms with Gasteiger partial charge in [0, 0.05) is 24.2 Å². The molecule has 1 fully saturated rings. The van der Waals surface area contributed by atoms with Gasteiger partial charge >= 0.3 is 0 Å². The summed E-state index contributed by atoms with van der Waals surface area (Å²) in [4.78, 5) is 14.6. The quantitative estimate of drug-likeness (QED) is 0.734. The van der Waals surface area contributed by atoms with Crippen molar-refractivity contribution in [3.8, 4) is 5.75 Å². The van der Waals surface area contributed by atoms with Crippen LogP contribution in [0.5, 0.6) is 5.75 Å². The van der Waals surface area contributed by atoms with E-state index in [1.807, 2.05) is 43.3 Å². The zero-order valence-electron chi connectivity index (χ0n) is 15.2. The number of hydrogen-bond donors (Lipinski definition) is 0. The summed E-state index contributed by atoms with van der Waals surface area (Å²) in [5.41, 5.74) is 1.52. The van der Waals surface area contributed by atoms with E-state index in [2.05, 4.69) is 0 Å². The number of hydrogen-bond acceptors (Lipinski definition) is 3. The topological polar surface area (TPSA) is 38.8 Å². The second-order valence-corrected chi connectivity index (χ2v) is 6.99. The van der Waals surface area contributed by atoms with Gasteiger partial charge in [-0.15, -0.1) is 0 Å². The van der Waals surface area contributed by atoms with Crippen LogP contribution < -0.4 is 4.74 Å². The van der Waals surface area contributed by atoms with Gasteiger partial charge in [0.25, 0.3) is 5.91 Å².